The van der Waals surface area contributed by atoms with E-state index in [1.54, 1.807) is 25.1 Å². The van der Waals surface area contributed by atoms with Crippen molar-refractivity contribution in [3.63, 3.8) is 0 Å². The summed E-state index contributed by atoms with van der Waals surface area (Å²) in [5.74, 6) is -0.0841. The lowest BCUT2D eigenvalue weighted by Gasteiger charge is -2.35. The van der Waals surface area contributed by atoms with Crippen molar-refractivity contribution < 1.29 is 26.3 Å². The number of fused-ring (bicyclic) bond motifs is 1. The first-order chi connectivity index (χ1) is 10.7. The van der Waals surface area contributed by atoms with E-state index in [0.717, 1.165) is 5.56 Å². The fraction of sp³-hybridized carbons (Fsp3) is 0.571. The Labute approximate surface area is 136 Å². The van der Waals surface area contributed by atoms with Crippen LogP contribution in [0.2, 0.25) is 0 Å². The van der Waals surface area contributed by atoms with Crippen LogP contribution >= 0.6 is 0 Å². The summed E-state index contributed by atoms with van der Waals surface area (Å²) in [6.45, 7) is 2.11. The quantitative estimate of drug-likeness (QED) is 0.763. The molecule has 9 heteroatoms. The second-order valence-corrected chi connectivity index (χ2v) is 9.84. The molecule has 128 valence electrons. The fourth-order valence-electron chi connectivity index (χ4n) is 3.09. The first kappa shape index (κ1) is 16.7. The lowest BCUT2D eigenvalue weighted by atomic mass is 10.2. The van der Waals surface area contributed by atoms with Gasteiger partial charge < -0.3 is 9.47 Å². The Hall–Kier alpha value is -1.16. The summed E-state index contributed by atoms with van der Waals surface area (Å²) in [5.41, 5.74) is 0.785. The lowest BCUT2D eigenvalue weighted by molar-refractivity contribution is -0.0142. The summed E-state index contributed by atoms with van der Waals surface area (Å²) in [6.07, 6.45) is -0.598. The van der Waals surface area contributed by atoms with Gasteiger partial charge in [-0.25, -0.2) is 16.8 Å². The zero-order valence-corrected chi connectivity index (χ0v) is 14.6. The van der Waals surface area contributed by atoms with Gasteiger partial charge in [-0.1, -0.05) is 6.07 Å². The maximum absolute atomic E-state index is 13.1. The highest BCUT2D eigenvalue weighted by Gasteiger charge is 2.48. The van der Waals surface area contributed by atoms with E-state index < -0.39 is 32.0 Å². The van der Waals surface area contributed by atoms with Crippen LogP contribution in [-0.2, 0) is 24.6 Å². The maximum atomic E-state index is 13.1. The van der Waals surface area contributed by atoms with E-state index in [0.29, 0.717) is 0 Å². The Morgan fingerprint density at radius 2 is 2.04 bits per heavy atom. The smallest absolute Gasteiger partial charge is 0.247 e. The SMILES string of the molecule is COc1ccc(C)cc1S(=O)(=O)N1CCOC2CS(=O)(=O)CC21. The highest BCUT2D eigenvalue weighted by molar-refractivity contribution is 7.92. The second kappa shape index (κ2) is 5.73. The Kier molecular flexibility index (Phi) is 4.16. The molecule has 0 spiro atoms. The van der Waals surface area contributed by atoms with Gasteiger partial charge in [0.25, 0.3) is 0 Å². The number of ether oxygens (including phenoxy) is 2. The average molecular weight is 361 g/mol. The first-order valence-electron chi connectivity index (χ1n) is 7.23. The molecule has 2 heterocycles. The van der Waals surface area contributed by atoms with Crippen LogP contribution in [0.25, 0.3) is 0 Å². The molecule has 0 saturated carbocycles. The summed E-state index contributed by atoms with van der Waals surface area (Å²) in [5, 5.41) is 0. The van der Waals surface area contributed by atoms with Gasteiger partial charge in [-0.3, -0.25) is 0 Å². The normalized spacial score (nSPS) is 27.6. The van der Waals surface area contributed by atoms with Gasteiger partial charge >= 0.3 is 0 Å². The zero-order chi connectivity index (χ0) is 16.8. The number of sulfonamides is 1. The highest BCUT2D eigenvalue weighted by Crippen LogP contribution is 2.33. The number of sulfone groups is 1. The standard InChI is InChI=1S/C14H19NO6S2/c1-10-3-4-12(20-2)14(7-10)23(18,19)15-5-6-21-13-9-22(16,17)8-11(13)15/h3-4,7,11,13H,5-6,8-9H2,1-2H3. The predicted octanol–water partition coefficient (Wildman–Crippen LogP) is 0.190. The van der Waals surface area contributed by atoms with Gasteiger partial charge in [-0.15, -0.1) is 0 Å². The summed E-state index contributed by atoms with van der Waals surface area (Å²) in [6, 6.07) is 4.23. The molecule has 1 aromatic carbocycles. The highest BCUT2D eigenvalue weighted by atomic mass is 32.2. The van der Waals surface area contributed by atoms with Crippen LogP contribution < -0.4 is 4.74 Å². The number of benzene rings is 1. The van der Waals surface area contributed by atoms with Gasteiger partial charge in [-0.2, -0.15) is 4.31 Å². The van der Waals surface area contributed by atoms with Crippen LogP contribution in [-0.4, -0.2) is 65.1 Å². The number of hydrogen-bond donors (Lipinski definition) is 0. The fourth-order valence-corrected chi connectivity index (χ4v) is 6.93. The van der Waals surface area contributed by atoms with E-state index in [1.165, 1.54) is 11.4 Å². The summed E-state index contributed by atoms with van der Waals surface area (Å²) >= 11 is 0. The molecule has 2 fully saturated rings. The summed E-state index contributed by atoms with van der Waals surface area (Å²) in [7, 11) is -5.75. The van der Waals surface area contributed by atoms with Crippen molar-refractivity contribution in [2.24, 2.45) is 0 Å². The van der Waals surface area contributed by atoms with E-state index in [-0.39, 0.29) is 35.3 Å². The molecule has 23 heavy (non-hydrogen) atoms. The van der Waals surface area contributed by atoms with E-state index in [9.17, 15) is 16.8 Å². The number of rotatable bonds is 3. The van der Waals surface area contributed by atoms with Gasteiger partial charge in [0.05, 0.1) is 37.4 Å². The van der Waals surface area contributed by atoms with Gasteiger partial charge in [0, 0.05) is 6.54 Å². The monoisotopic (exact) mass is 361 g/mol. The molecule has 2 unspecified atom stereocenters. The molecule has 2 atom stereocenters. The number of morpholine rings is 1. The van der Waals surface area contributed by atoms with E-state index in [2.05, 4.69) is 0 Å². The van der Waals surface area contributed by atoms with Gasteiger partial charge in [0.1, 0.15) is 10.6 Å². The molecule has 0 amide bonds. The summed E-state index contributed by atoms with van der Waals surface area (Å²) < 4.78 is 61.7. The Balaban J connectivity index is 2.04. The van der Waals surface area contributed by atoms with Crippen LogP contribution in [0.3, 0.4) is 0 Å². The predicted molar refractivity (Wildman–Crippen MR) is 83.8 cm³/mol. The number of aryl methyl sites for hydroxylation is 1. The second-order valence-electron chi connectivity index (χ2n) is 5.82. The molecule has 0 aliphatic carbocycles. The Morgan fingerprint density at radius 1 is 1.30 bits per heavy atom. The molecule has 2 saturated heterocycles. The minimum atomic E-state index is -3.87. The molecule has 0 N–H and O–H groups in total. The largest absolute Gasteiger partial charge is 0.495 e. The van der Waals surface area contributed by atoms with Crippen molar-refractivity contribution in [1.82, 2.24) is 4.31 Å². The number of methoxy groups -OCH3 is 1. The van der Waals surface area contributed by atoms with Crippen molar-refractivity contribution >= 4 is 19.9 Å². The molecule has 2 aliphatic rings. The average Bonchev–Trinajstić information content (AvgIpc) is 2.80. The molecule has 0 radical (unpaired) electrons. The van der Waals surface area contributed by atoms with Crippen LogP contribution in [0.4, 0.5) is 0 Å². The van der Waals surface area contributed by atoms with Crippen LogP contribution in [0.1, 0.15) is 5.56 Å². The summed E-state index contributed by atoms with van der Waals surface area (Å²) in [4.78, 5) is 0.0601. The third-order valence-electron chi connectivity index (χ3n) is 4.19. The lowest BCUT2D eigenvalue weighted by Crippen LogP contribution is -2.53. The molecule has 0 bridgehead atoms. The van der Waals surface area contributed by atoms with Crippen molar-refractivity contribution in [2.45, 2.75) is 24.0 Å². The van der Waals surface area contributed by atoms with E-state index >= 15 is 0 Å². The van der Waals surface area contributed by atoms with Crippen molar-refractivity contribution in [3.8, 4) is 5.75 Å². The molecular weight excluding hydrogens is 342 g/mol. The number of nitrogens with zero attached hydrogens (tertiary/aromatic N) is 1. The van der Waals surface area contributed by atoms with Crippen molar-refractivity contribution in [3.05, 3.63) is 23.8 Å². The molecule has 7 nitrogen and oxygen atoms in total. The third-order valence-corrected chi connectivity index (χ3v) is 7.82. The topological polar surface area (TPSA) is 90.0 Å². The molecule has 0 aromatic heterocycles. The third kappa shape index (κ3) is 2.98. The van der Waals surface area contributed by atoms with Crippen LogP contribution in [0, 0.1) is 6.92 Å². The van der Waals surface area contributed by atoms with Crippen LogP contribution in [0.15, 0.2) is 23.1 Å². The number of hydrogen-bond acceptors (Lipinski definition) is 6. The molecule has 1 aromatic rings. The van der Waals surface area contributed by atoms with Crippen LogP contribution in [0.5, 0.6) is 5.75 Å². The van der Waals surface area contributed by atoms with Gasteiger partial charge in [0.2, 0.25) is 10.0 Å². The molecule has 3 rings (SSSR count). The molecular formula is C14H19NO6S2. The zero-order valence-electron chi connectivity index (χ0n) is 12.9. The van der Waals surface area contributed by atoms with Crippen molar-refractivity contribution in [1.29, 1.82) is 0 Å². The van der Waals surface area contributed by atoms with Gasteiger partial charge in [0.15, 0.2) is 9.84 Å². The van der Waals surface area contributed by atoms with Gasteiger partial charge in [-0.05, 0) is 24.6 Å². The maximum Gasteiger partial charge on any atom is 0.247 e. The Bertz CT molecular complexity index is 818. The molecule has 2 aliphatic heterocycles. The van der Waals surface area contributed by atoms with E-state index in [4.69, 9.17) is 9.47 Å². The first-order valence-corrected chi connectivity index (χ1v) is 10.5. The van der Waals surface area contributed by atoms with Crippen molar-refractivity contribution in [2.75, 3.05) is 31.8 Å². The minimum Gasteiger partial charge on any atom is -0.495 e. The Morgan fingerprint density at radius 3 is 2.74 bits per heavy atom. The minimum absolute atomic E-state index is 0.0601. The van der Waals surface area contributed by atoms with E-state index in [1.807, 2.05) is 0 Å².